The van der Waals surface area contributed by atoms with Crippen LogP contribution in [0, 0.1) is 0 Å². The van der Waals surface area contributed by atoms with Crippen molar-refractivity contribution in [3.63, 3.8) is 0 Å². The summed E-state index contributed by atoms with van der Waals surface area (Å²) in [4.78, 5) is 0. The van der Waals surface area contributed by atoms with E-state index in [9.17, 15) is 0 Å². The standard InChI is InChI=1S/C25H36ClN3O3/c1-19(24(27)18-30)29(28)15-5-17-32-23-12-8-21(9-13-23)25(2,3)20-6-10-22(11-7-20)31-16-4-14-26/h6-13,30H,4-5,14-18,27-28H2,1-3H3/b24-19-. The molecule has 2 aromatic carbocycles. The number of alkyl halides is 1. The molecule has 0 bridgehead atoms. The summed E-state index contributed by atoms with van der Waals surface area (Å²) >= 11 is 5.70. The van der Waals surface area contributed by atoms with Crippen LogP contribution in [0.1, 0.15) is 44.7 Å². The number of hydrogen-bond donors (Lipinski definition) is 3. The Morgan fingerprint density at radius 1 is 0.938 bits per heavy atom. The lowest BCUT2D eigenvalue weighted by molar-refractivity contribution is 0.264. The Morgan fingerprint density at radius 2 is 1.41 bits per heavy atom. The van der Waals surface area contributed by atoms with Crippen molar-refractivity contribution in [2.45, 2.75) is 39.0 Å². The number of aliphatic hydroxyl groups excluding tert-OH is 1. The van der Waals surface area contributed by atoms with Gasteiger partial charge in [-0.1, -0.05) is 38.1 Å². The third-order valence-corrected chi connectivity index (χ3v) is 5.84. The van der Waals surface area contributed by atoms with Gasteiger partial charge in [0.1, 0.15) is 11.5 Å². The van der Waals surface area contributed by atoms with Crippen LogP contribution < -0.4 is 21.1 Å². The average Bonchev–Trinajstić information content (AvgIpc) is 2.81. The summed E-state index contributed by atoms with van der Waals surface area (Å²) in [5, 5.41) is 10.6. The highest BCUT2D eigenvalue weighted by molar-refractivity contribution is 6.17. The number of ether oxygens (including phenoxy) is 2. The molecule has 32 heavy (non-hydrogen) atoms. The van der Waals surface area contributed by atoms with E-state index < -0.39 is 0 Å². The number of allylic oxidation sites excluding steroid dienone is 1. The minimum atomic E-state index is -0.203. The normalized spacial score (nSPS) is 12.3. The van der Waals surface area contributed by atoms with E-state index in [1.807, 2.05) is 24.3 Å². The molecule has 0 spiro atoms. The number of hydrazine groups is 1. The van der Waals surface area contributed by atoms with Crippen molar-refractivity contribution in [3.8, 4) is 11.5 Å². The van der Waals surface area contributed by atoms with E-state index in [1.165, 1.54) is 16.1 Å². The summed E-state index contributed by atoms with van der Waals surface area (Å²) < 4.78 is 11.5. The predicted molar refractivity (Wildman–Crippen MR) is 131 cm³/mol. The molecule has 0 amide bonds. The molecule has 7 heteroatoms. The van der Waals surface area contributed by atoms with Crippen LogP contribution in [0.4, 0.5) is 0 Å². The van der Waals surface area contributed by atoms with Gasteiger partial charge in [0.2, 0.25) is 0 Å². The van der Waals surface area contributed by atoms with Gasteiger partial charge >= 0.3 is 0 Å². The molecule has 5 N–H and O–H groups in total. The maximum Gasteiger partial charge on any atom is 0.119 e. The minimum absolute atomic E-state index is 0.149. The van der Waals surface area contributed by atoms with E-state index in [0.717, 1.165) is 24.3 Å². The largest absolute Gasteiger partial charge is 0.494 e. The highest BCUT2D eigenvalue weighted by Gasteiger charge is 2.23. The van der Waals surface area contributed by atoms with Crippen LogP contribution in [0.15, 0.2) is 59.9 Å². The first-order valence-corrected chi connectivity index (χ1v) is 11.4. The predicted octanol–water partition coefficient (Wildman–Crippen LogP) is 4.15. The summed E-state index contributed by atoms with van der Waals surface area (Å²) in [6, 6.07) is 16.4. The van der Waals surface area contributed by atoms with Crippen LogP contribution in [0.25, 0.3) is 0 Å². The SMILES string of the molecule is C/C(=C(/N)CO)N(N)CCCOc1ccc(C(C)(C)c2ccc(OCCCCl)cc2)cc1. The molecule has 0 aliphatic rings. The summed E-state index contributed by atoms with van der Waals surface area (Å²) in [7, 11) is 0. The number of benzene rings is 2. The number of nitrogens with zero attached hydrogens (tertiary/aromatic N) is 1. The maximum absolute atomic E-state index is 9.08. The first-order chi connectivity index (χ1) is 15.3. The average molecular weight is 462 g/mol. The van der Waals surface area contributed by atoms with Gasteiger partial charge in [0, 0.05) is 30.0 Å². The zero-order valence-electron chi connectivity index (χ0n) is 19.3. The second-order valence-electron chi connectivity index (χ2n) is 8.23. The Bertz CT molecular complexity index is 852. The second kappa shape index (κ2) is 12.6. The molecule has 0 aliphatic heterocycles. The van der Waals surface area contributed by atoms with Crippen molar-refractivity contribution in [1.29, 1.82) is 0 Å². The summed E-state index contributed by atoms with van der Waals surface area (Å²) in [5.74, 6) is 8.23. The highest BCUT2D eigenvalue weighted by Crippen LogP contribution is 2.33. The van der Waals surface area contributed by atoms with Gasteiger partial charge in [0.05, 0.1) is 25.5 Å². The lowest BCUT2D eigenvalue weighted by atomic mass is 9.78. The van der Waals surface area contributed by atoms with Crippen molar-refractivity contribution in [2.24, 2.45) is 11.6 Å². The first-order valence-electron chi connectivity index (χ1n) is 10.9. The molecule has 2 aromatic rings. The Balaban J connectivity index is 1.89. The van der Waals surface area contributed by atoms with Gasteiger partial charge in [-0.15, -0.1) is 11.6 Å². The van der Waals surface area contributed by atoms with Crippen LogP contribution in [0.3, 0.4) is 0 Å². The lowest BCUT2D eigenvalue weighted by Gasteiger charge is -2.26. The molecule has 176 valence electrons. The van der Waals surface area contributed by atoms with Crippen LogP contribution >= 0.6 is 11.6 Å². The monoisotopic (exact) mass is 461 g/mol. The fourth-order valence-electron chi connectivity index (χ4n) is 3.24. The topological polar surface area (TPSA) is 94.0 Å². The Hall–Kier alpha value is -2.41. The fourth-order valence-corrected chi connectivity index (χ4v) is 3.35. The van der Waals surface area contributed by atoms with Crippen molar-refractivity contribution in [3.05, 3.63) is 71.1 Å². The third kappa shape index (κ3) is 7.33. The zero-order chi connectivity index (χ0) is 23.6. The molecular formula is C25H36ClN3O3. The molecule has 0 aliphatic carbocycles. The molecule has 0 atom stereocenters. The molecule has 6 nitrogen and oxygen atoms in total. The van der Waals surface area contributed by atoms with E-state index >= 15 is 0 Å². The van der Waals surface area contributed by atoms with Crippen LogP contribution in [-0.2, 0) is 5.41 Å². The van der Waals surface area contributed by atoms with Gasteiger partial charge in [0.25, 0.3) is 0 Å². The van der Waals surface area contributed by atoms with Crippen LogP contribution in [0.5, 0.6) is 11.5 Å². The molecule has 0 heterocycles. The number of aliphatic hydroxyl groups is 1. The number of hydrogen-bond acceptors (Lipinski definition) is 6. The van der Waals surface area contributed by atoms with E-state index in [0.29, 0.717) is 37.0 Å². The van der Waals surface area contributed by atoms with Gasteiger partial charge in [-0.3, -0.25) is 0 Å². The third-order valence-electron chi connectivity index (χ3n) is 5.58. The summed E-state index contributed by atoms with van der Waals surface area (Å²) in [5.41, 5.74) is 9.02. The Labute approximate surface area is 196 Å². The highest BCUT2D eigenvalue weighted by atomic mass is 35.5. The zero-order valence-corrected chi connectivity index (χ0v) is 20.1. The van der Waals surface area contributed by atoms with E-state index in [4.69, 9.17) is 37.8 Å². The molecule has 0 unspecified atom stereocenters. The summed E-state index contributed by atoms with van der Waals surface area (Å²) in [6.07, 6.45) is 1.57. The van der Waals surface area contributed by atoms with E-state index in [2.05, 4.69) is 38.1 Å². The smallest absolute Gasteiger partial charge is 0.119 e. The fraction of sp³-hybridized carbons (Fsp3) is 0.440. The first kappa shape index (κ1) is 25.8. The number of halogens is 1. The molecule has 0 aromatic heterocycles. The van der Waals surface area contributed by atoms with Crippen LogP contribution in [-0.4, -0.2) is 42.4 Å². The van der Waals surface area contributed by atoms with Crippen molar-refractivity contribution < 1.29 is 14.6 Å². The van der Waals surface area contributed by atoms with Crippen LogP contribution in [0.2, 0.25) is 0 Å². The molecule has 0 radical (unpaired) electrons. The lowest BCUT2D eigenvalue weighted by Crippen LogP contribution is -2.33. The number of rotatable bonds is 13. The van der Waals surface area contributed by atoms with Gasteiger partial charge in [-0.2, -0.15) is 0 Å². The molecule has 0 saturated carbocycles. The molecule has 0 fully saturated rings. The van der Waals surface area contributed by atoms with E-state index in [1.54, 1.807) is 6.92 Å². The molecule has 0 saturated heterocycles. The summed E-state index contributed by atoms with van der Waals surface area (Å²) in [6.45, 7) is 7.74. The van der Waals surface area contributed by atoms with Gasteiger partial charge in [-0.25, -0.2) is 5.84 Å². The van der Waals surface area contributed by atoms with Crippen molar-refractivity contribution in [1.82, 2.24) is 5.01 Å². The van der Waals surface area contributed by atoms with Crippen molar-refractivity contribution >= 4 is 11.6 Å². The van der Waals surface area contributed by atoms with Crippen molar-refractivity contribution in [2.75, 3.05) is 32.2 Å². The minimum Gasteiger partial charge on any atom is -0.494 e. The Morgan fingerprint density at radius 3 is 1.84 bits per heavy atom. The van der Waals surface area contributed by atoms with Gasteiger partial charge < -0.3 is 25.3 Å². The van der Waals surface area contributed by atoms with Gasteiger partial charge in [-0.05, 0) is 48.7 Å². The molecular weight excluding hydrogens is 426 g/mol. The van der Waals surface area contributed by atoms with E-state index in [-0.39, 0.29) is 12.0 Å². The quantitative estimate of drug-likeness (QED) is 0.179. The second-order valence-corrected chi connectivity index (χ2v) is 8.61. The maximum atomic E-state index is 9.08. The Kier molecular flexibility index (Phi) is 10.2. The number of nitrogens with two attached hydrogens (primary N) is 2. The van der Waals surface area contributed by atoms with Gasteiger partial charge in [0.15, 0.2) is 0 Å². The molecule has 2 rings (SSSR count).